The Labute approximate surface area is 173 Å². The van der Waals surface area contributed by atoms with Crippen LogP contribution in [0, 0.1) is 13.8 Å². The lowest BCUT2D eigenvalue weighted by molar-refractivity contribution is -0.130. The fourth-order valence-corrected chi connectivity index (χ4v) is 4.11. The average Bonchev–Trinajstić information content (AvgIpc) is 2.70. The van der Waals surface area contributed by atoms with Gasteiger partial charge in [0.15, 0.2) is 0 Å². The predicted octanol–water partition coefficient (Wildman–Crippen LogP) is 2.34. The number of aromatic amines is 1. The number of amides is 1. The number of nitrogens with zero attached hydrogens (tertiary/aromatic N) is 2. The third-order valence-corrected chi connectivity index (χ3v) is 5.83. The van der Waals surface area contributed by atoms with Crippen LogP contribution in [-0.4, -0.2) is 32.0 Å². The Bertz CT molecular complexity index is 1270. The Kier molecular flexibility index (Phi) is 4.81. The number of hydrogen-bond donors (Lipinski definition) is 2. The van der Waals surface area contributed by atoms with Gasteiger partial charge in [-0.05, 0) is 54.7 Å². The second-order valence-corrected chi connectivity index (χ2v) is 7.66. The Morgan fingerprint density at radius 3 is 2.53 bits per heavy atom. The van der Waals surface area contributed by atoms with Gasteiger partial charge in [-0.15, -0.1) is 0 Å². The highest BCUT2D eigenvalue weighted by atomic mass is 16.3. The number of benzene rings is 2. The van der Waals surface area contributed by atoms with E-state index in [4.69, 9.17) is 0 Å². The molecule has 0 radical (unpaired) electrons. The molecule has 2 heterocycles. The molecule has 2 N–H and O–H groups in total. The van der Waals surface area contributed by atoms with Gasteiger partial charge in [0.2, 0.25) is 11.8 Å². The molecule has 1 amide bonds. The lowest BCUT2D eigenvalue weighted by atomic mass is 9.88. The maximum absolute atomic E-state index is 12.9. The van der Waals surface area contributed by atoms with Crippen molar-refractivity contribution in [3.8, 4) is 11.6 Å². The normalized spacial score (nSPS) is 15.7. The SMILES string of the molecule is CC(=O)N1CCc2ccccc2C1c1c(O)n(-c2ccc(C)c(C)c2)c(=O)[nH]c1=O. The van der Waals surface area contributed by atoms with Gasteiger partial charge in [0.05, 0.1) is 11.7 Å². The minimum absolute atomic E-state index is 0.0184. The highest BCUT2D eigenvalue weighted by molar-refractivity contribution is 5.75. The van der Waals surface area contributed by atoms with Gasteiger partial charge in [-0.1, -0.05) is 30.3 Å². The number of carbonyl (C=O) groups is 1. The standard InChI is InChI=1S/C23H23N3O4/c1-13-8-9-17(12-14(13)2)26-22(29)19(21(28)24-23(26)30)20-18-7-5-4-6-16(18)10-11-25(20)15(3)27/h4-9,12,20,29H,10-11H2,1-3H3,(H,24,28,30). The molecule has 0 aliphatic carbocycles. The van der Waals surface area contributed by atoms with Gasteiger partial charge >= 0.3 is 5.69 Å². The number of aromatic nitrogens is 2. The number of aryl methyl sites for hydroxylation is 2. The molecule has 1 atom stereocenters. The molecule has 1 aromatic heterocycles. The van der Waals surface area contributed by atoms with Crippen LogP contribution in [-0.2, 0) is 11.2 Å². The highest BCUT2D eigenvalue weighted by Crippen LogP contribution is 2.37. The molecule has 1 aliphatic rings. The molecule has 0 spiro atoms. The minimum Gasteiger partial charge on any atom is -0.494 e. The van der Waals surface area contributed by atoms with Gasteiger partial charge in [-0.3, -0.25) is 14.6 Å². The van der Waals surface area contributed by atoms with E-state index in [0.717, 1.165) is 26.8 Å². The van der Waals surface area contributed by atoms with E-state index in [1.165, 1.54) is 6.92 Å². The van der Waals surface area contributed by atoms with Gasteiger partial charge in [0.1, 0.15) is 5.56 Å². The molecular weight excluding hydrogens is 382 g/mol. The van der Waals surface area contributed by atoms with Crippen molar-refractivity contribution in [3.05, 3.63) is 91.1 Å². The van der Waals surface area contributed by atoms with E-state index in [9.17, 15) is 19.5 Å². The number of nitrogens with one attached hydrogen (secondary N) is 1. The van der Waals surface area contributed by atoms with E-state index in [2.05, 4.69) is 4.98 Å². The van der Waals surface area contributed by atoms with Crippen molar-refractivity contribution in [2.24, 2.45) is 0 Å². The molecule has 3 aromatic rings. The summed E-state index contributed by atoms with van der Waals surface area (Å²) in [5, 5.41) is 11.1. The lowest BCUT2D eigenvalue weighted by Gasteiger charge is -2.36. The van der Waals surface area contributed by atoms with E-state index in [1.807, 2.05) is 44.2 Å². The molecule has 0 fully saturated rings. The fourth-order valence-electron chi connectivity index (χ4n) is 4.11. The molecule has 1 unspecified atom stereocenters. The first-order chi connectivity index (χ1) is 14.3. The smallest absolute Gasteiger partial charge is 0.335 e. The van der Waals surface area contributed by atoms with Crippen molar-refractivity contribution >= 4 is 5.91 Å². The molecule has 2 aromatic carbocycles. The van der Waals surface area contributed by atoms with Crippen molar-refractivity contribution < 1.29 is 9.90 Å². The largest absolute Gasteiger partial charge is 0.494 e. The van der Waals surface area contributed by atoms with Crippen LogP contribution in [0.5, 0.6) is 5.88 Å². The van der Waals surface area contributed by atoms with Crippen molar-refractivity contribution in [2.45, 2.75) is 33.2 Å². The minimum atomic E-state index is -0.783. The van der Waals surface area contributed by atoms with E-state index in [0.29, 0.717) is 18.7 Å². The molecule has 0 saturated carbocycles. The van der Waals surface area contributed by atoms with Crippen molar-refractivity contribution in [1.29, 1.82) is 0 Å². The van der Waals surface area contributed by atoms with Crippen LogP contribution in [0.4, 0.5) is 0 Å². The molecule has 0 bridgehead atoms. The van der Waals surface area contributed by atoms with E-state index in [-0.39, 0.29) is 11.5 Å². The summed E-state index contributed by atoms with van der Waals surface area (Å²) in [5.74, 6) is -0.669. The second kappa shape index (κ2) is 7.33. The number of rotatable bonds is 2. The summed E-state index contributed by atoms with van der Waals surface area (Å²) < 4.78 is 1.08. The summed E-state index contributed by atoms with van der Waals surface area (Å²) in [5.41, 5.74) is 2.74. The van der Waals surface area contributed by atoms with Crippen LogP contribution < -0.4 is 11.2 Å². The van der Waals surface area contributed by atoms with E-state index < -0.39 is 23.2 Å². The summed E-state index contributed by atoms with van der Waals surface area (Å²) in [6, 6.07) is 12.1. The molecule has 154 valence electrons. The van der Waals surface area contributed by atoms with Gasteiger partial charge in [-0.25, -0.2) is 9.36 Å². The molecule has 30 heavy (non-hydrogen) atoms. The van der Waals surface area contributed by atoms with Gasteiger partial charge in [0.25, 0.3) is 5.56 Å². The quantitative estimate of drug-likeness (QED) is 0.684. The Balaban J connectivity index is 2.01. The molecule has 0 saturated heterocycles. The molecule has 4 rings (SSSR count). The van der Waals surface area contributed by atoms with Crippen LogP contribution in [0.3, 0.4) is 0 Å². The zero-order valence-electron chi connectivity index (χ0n) is 17.1. The Morgan fingerprint density at radius 2 is 1.83 bits per heavy atom. The molecule has 7 heteroatoms. The second-order valence-electron chi connectivity index (χ2n) is 7.66. The number of H-pyrrole nitrogens is 1. The highest BCUT2D eigenvalue weighted by Gasteiger charge is 2.35. The first-order valence-corrected chi connectivity index (χ1v) is 9.80. The Hall–Kier alpha value is -3.61. The lowest BCUT2D eigenvalue weighted by Crippen LogP contribution is -2.43. The summed E-state index contributed by atoms with van der Waals surface area (Å²) in [6.07, 6.45) is 0.654. The third-order valence-electron chi connectivity index (χ3n) is 5.83. The maximum Gasteiger partial charge on any atom is 0.335 e. The third kappa shape index (κ3) is 3.12. The zero-order chi connectivity index (χ0) is 21.6. The fraction of sp³-hybridized carbons (Fsp3) is 0.261. The zero-order valence-corrected chi connectivity index (χ0v) is 17.1. The number of carbonyl (C=O) groups excluding carboxylic acids is 1. The van der Waals surface area contributed by atoms with Crippen molar-refractivity contribution in [2.75, 3.05) is 6.54 Å². The van der Waals surface area contributed by atoms with Crippen molar-refractivity contribution in [1.82, 2.24) is 14.5 Å². The van der Waals surface area contributed by atoms with Crippen LogP contribution in [0.2, 0.25) is 0 Å². The van der Waals surface area contributed by atoms with E-state index in [1.54, 1.807) is 17.0 Å². The summed E-state index contributed by atoms with van der Waals surface area (Å²) in [4.78, 5) is 41.8. The number of aromatic hydroxyl groups is 1. The maximum atomic E-state index is 12.9. The predicted molar refractivity (Wildman–Crippen MR) is 113 cm³/mol. The number of hydrogen-bond acceptors (Lipinski definition) is 4. The number of fused-ring (bicyclic) bond motifs is 1. The first kappa shape index (κ1) is 19.7. The summed E-state index contributed by atoms with van der Waals surface area (Å²) >= 11 is 0. The Morgan fingerprint density at radius 1 is 1.10 bits per heavy atom. The topological polar surface area (TPSA) is 95.4 Å². The summed E-state index contributed by atoms with van der Waals surface area (Å²) in [7, 11) is 0. The molecule has 1 aliphatic heterocycles. The van der Waals surface area contributed by atoms with Gasteiger partial charge < -0.3 is 10.0 Å². The van der Waals surface area contributed by atoms with Crippen molar-refractivity contribution in [3.63, 3.8) is 0 Å². The molecule has 7 nitrogen and oxygen atoms in total. The van der Waals surface area contributed by atoms with E-state index >= 15 is 0 Å². The monoisotopic (exact) mass is 405 g/mol. The summed E-state index contributed by atoms with van der Waals surface area (Å²) in [6.45, 7) is 5.70. The van der Waals surface area contributed by atoms with Crippen LogP contribution in [0.25, 0.3) is 5.69 Å². The first-order valence-electron chi connectivity index (χ1n) is 9.80. The van der Waals surface area contributed by atoms with Gasteiger partial charge in [0, 0.05) is 13.5 Å². The molecular formula is C23H23N3O4. The van der Waals surface area contributed by atoms with Crippen LogP contribution in [0.15, 0.2) is 52.1 Å². The van der Waals surface area contributed by atoms with Crippen LogP contribution >= 0.6 is 0 Å². The average molecular weight is 405 g/mol. The van der Waals surface area contributed by atoms with Crippen LogP contribution in [0.1, 0.15) is 40.8 Å². The van der Waals surface area contributed by atoms with Gasteiger partial charge in [-0.2, -0.15) is 0 Å².